The number of aryl methyl sites for hydroxylation is 1. The molecular weight excluding hydrogens is 246 g/mol. The van der Waals surface area contributed by atoms with Gasteiger partial charge < -0.3 is 0 Å². The molecule has 0 unspecified atom stereocenters. The molecule has 17 heavy (non-hydrogen) atoms. The van der Waals surface area contributed by atoms with Crippen LogP contribution in [0.3, 0.4) is 0 Å². The van der Waals surface area contributed by atoms with Crippen LogP contribution in [0.4, 0.5) is 5.69 Å². The molecule has 0 N–H and O–H groups in total. The summed E-state index contributed by atoms with van der Waals surface area (Å²) in [5.41, 5.74) is 0.672. The zero-order valence-corrected chi connectivity index (χ0v) is 9.63. The lowest BCUT2D eigenvalue weighted by Crippen LogP contribution is -2.05. The molecule has 7 nitrogen and oxygen atoms in total. The summed E-state index contributed by atoms with van der Waals surface area (Å²) in [6.07, 6.45) is 2.50. The SMILES string of the molecule is Cc1cc(Cl)nc(Cn2cc([N+](=O)[O-])cn2)n1. The maximum Gasteiger partial charge on any atom is 0.307 e. The number of hydrogen-bond donors (Lipinski definition) is 0. The quantitative estimate of drug-likeness (QED) is 0.471. The molecule has 88 valence electrons. The van der Waals surface area contributed by atoms with E-state index in [0.717, 1.165) is 5.69 Å². The molecule has 0 aromatic carbocycles. The van der Waals surface area contributed by atoms with Crippen LogP contribution in [0.15, 0.2) is 18.5 Å². The zero-order valence-electron chi connectivity index (χ0n) is 8.87. The van der Waals surface area contributed by atoms with Gasteiger partial charge in [0.2, 0.25) is 0 Å². The van der Waals surface area contributed by atoms with E-state index in [1.807, 2.05) is 0 Å². The summed E-state index contributed by atoms with van der Waals surface area (Å²) in [6, 6.07) is 1.64. The number of halogens is 1. The van der Waals surface area contributed by atoms with Crippen molar-refractivity contribution in [2.45, 2.75) is 13.5 Å². The molecule has 0 saturated heterocycles. The highest BCUT2D eigenvalue weighted by molar-refractivity contribution is 6.29. The fourth-order valence-electron chi connectivity index (χ4n) is 1.34. The van der Waals surface area contributed by atoms with Crippen molar-refractivity contribution in [3.05, 3.63) is 45.2 Å². The minimum Gasteiger partial charge on any atom is -0.258 e. The maximum atomic E-state index is 10.5. The smallest absolute Gasteiger partial charge is 0.258 e. The standard InChI is InChI=1S/C9H8ClN5O2/c1-6-2-8(10)13-9(12-6)5-14-4-7(3-11-14)15(16)17/h2-4H,5H2,1H3. The first-order chi connectivity index (χ1) is 8.04. The molecule has 2 aromatic rings. The lowest BCUT2D eigenvalue weighted by atomic mass is 10.4. The first kappa shape index (κ1) is 11.5. The van der Waals surface area contributed by atoms with Crippen molar-refractivity contribution in [3.63, 3.8) is 0 Å². The average Bonchev–Trinajstić information content (AvgIpc) is 2.64. The van der Waals surface area contributed by atoms with E-state index in [1.54, 1.807) is 13.0 Å². The molecule has 2 heterocycles. The lowest BCUT2D eigenvalue weighted by Gasteiger charge is -2.01. The van der Waals surface area contributed by atoms with E-state index < -0.39 is 4.92 Å². The van der Waals surface area contributed by atoms with Gasteiger partial charge in [0, 0.05) is 5.69 Å². The van der Waals surface area contributed by atoms with Crippen molar-refractivity contribution in [1.82, 2.24) is 19.7 Å². The minimum atomic E-state index is -0.506. The van der Waals surface area contributed by atoms with Gasteiger partial charge in [0.25, 0.3) is 0 Å². The molecule has 0 aliphatic carbocycles. The monoisotopic (exact) mass is 253 g/mol. The number of nitro groups is 1. The molecular formula is C9H8ClN5O2. The first-order valence-electron chi connectivity index (χ1n) is 4.71. The summed E-state index contributed by atoms with van der Waals surface area (Å²) in [5.74, 6) is 0.466. The van der Waals surface area contributed by atoms with Crippen LogP contribution in [0.1, 0.15) is 11.5 Å². The van der Waals surface area contributed by atoms with Crippen LogP contribution >= 0.6 is 11.6 Å². The zero-order chi connectivity index (χ0) is 12.4. The van der Waals surface area contributed by atoms with Crippen molar-refractivity contribution in [2.75, 3.05) is 0 Å². The van der Waals surface area contributed by atoms with Crippen LogP contribution in [0.5, 0.6) is 0 Å². The molecule has 0 fully saturated rings. The summed E-state index contributed by atoms with van der Waals surface area (Å²) in [7, 11) is 0. The van der Waals surface area contributed by atoms with Crippen molar-refractivity contribution in [1.29, 1.82) is 0 Å². The summed E-state index contributed by atoms with van der Waals surface area (Å²) >= 11 is 5.78. The van der Waals surface area contributed by atoms with Gasteiger partial charge in [0.15, 0.2) is 5.82 Å². The minimum absolute atomic E-state index is 0.0660. The van der Waals surface area contributed by atoms with Gasteiger partial charge in [-0.25, -0.2) is 9.97 Å². The Labute approximate surface area is 101 Å². The van der Waals surface area contributed by atoms with Gasteiger partial charge >= 0.3 is 5.69 Å². The van der Waals surface area contributed by atoms with E-state index in [-0.39, 0.29) is 12.2 Å². The molecule has 8 heteroatoms. The molecule has 0 radical (unpaired) electrons. The Morgan fingerprint density at radius 1 is 1.53 bits per heavy atom. The number of aromatic nitrogens is 4. The highest BCUT2D eigenvalue weighted by atomic mass is 35.5. The van der Waals surface area contributed by atoms with Crippen molar-refractivity contribution in [3.8, 4) is 0 Å². The summed E-state index contributed by atoms with van der Waals surface area (Å²) in [5, 5.41) is 14.7. The topological polar surface area (TPSA) is 86.7 Å². The molecule has 0 atom stereocenters. The van der Waals surface area contributed by atoms with Crippen LogP contribution < -0.4 is 0 Å². The molecule has 0 aliphatic rings. The molecule has 0 amide bonds. The fourth-order valence-corrected chi connectivity index (χ4v) is 1.59. The van der Waals surface area contributed by atoms with Crippen molar-refractivity contribution in [2.24, 2.45) is 0 Å². The van der Waals surface area contributed by atoms with E-state index in [2.05, 4.69) is 15.1 Å². The molecule has 0 spiro atoms. The van der Waals surface area contributed by atoms with Gasteiger partial charge in [-0.1, -0.05) is 11.6 Å². The van der Waals surface area contributed by atoms with Crippen LogP contribution in [-0.4, -0.2) is 24.7 Å². The second-order valence-corrected chi connectivity index (χ2v) is 3.79. The Bertz CT molecular complexity index is 548. The largest absolute Gasteiger partial charge is 0.307 e. The number of hydrogen-bond acceptors (Lipinski definition) is 5. The Kier molecular flexibility index (Phi) is 3.01. The highest BCUT2D eigenvalue weighted by Gasteiger charge is 2.10. The van der Waals surface area contributed by atoms with Crippen LogP contribution in [0, 0.1) is 17.0 Å². The predicted octanol–water partition coefficient (Wildman–Crippen LogP) is 1.59. The summed E-state index contributed by atoms with van der Waals surface area (Å²) < 4.78 is 1.39. The second kappa shape index (κ2) is 4.46. The Morgan fingerprint density at radius 2 is 2.29 bits per heavy atom. The van der Waals surface area contributed by atoms with Gasteiger partial charge in [-0.3, -0.25) is 14.8 Å². The third-order valence-electron chi connectivity index (χ3n) is 2.00. The van der Waals surface area contributed by atoms with Gasteiger partial charge in [-0.05, 0) is 13.0 Å². The summed E-state index contributed by atoms with van der Waals surface area (Å²) in [6.45, 7) is 2.04. The predicted molar refractivity (Wildman–Crippen MR) is 59.8 cm³/mol. The highest BCUT2D eigenvalue weighted by Crippen LogP contribution is 2.10. The van der Waals surface area contributed by atoms with Crippen molar-refractivity contribution < 1.29 is 4.92 Å². The van der Waals surface area contributed by atoms with E-state index in [4.69, 9.17) is 11.6 Å². The van der Waals surface area contributed by atoms with E-state index >= 15 is 0 Å². The Balaban J connectivity index is 2.22. The maximum absolute atomic E-state index is 10.5. The van der Waals surface area contributed by atoms with Crippen LogP contribution in [0.25, 0.3) is 0 Å². The molecule has 0 saturated carbocycles. The third kappa shape index (κ3) is 2.76. The molecule has 0 bridgehead atoms. The Hall–Kier alpha value is -2.02. The molecule has 2 rings (SSSR count). The van der Waals surface area contributed by atoms with E-state index in [9.17, 15) is 10.1 Å². The van der Waals surface area contributed by atoms with Gasteiger partial charge in [-0.15, -0.1) is 0 Å². The van der Waals surface area contributed by atoms with Gasteiger partial charge in [0.1, 0.15) is 24.1 Å². The van der Waals surface area contributed by atoms with Crippen LogP contribution in [0.2, 0.25) is 5.15 Å². The van der Waals surface area contributed by atoms with Gasteiger partial charge in [0.05, 0.1) is 4.92 Å². The van der Waals surface area contributed by atoms with Crippen molar-refractivity contribution >= 4 is 17.3 Å². The molecule has 0 aliphatic heterocycles. The van der Waals surface area contributed by atoms with E-state index in [1.165, 1.54) is 17.1 Å². The Morgan fingerprint density at radius 3 is 2.88 bits per heavy atom. The average molecular weight is 254 g/mol. The number of nitrogens with zero attached hydrogens (tertiary/aromatic N) is 5. The van der Waals surface area contributed by atoms with Gasteiger partial charge in [-0.2, -0.15) is 5.10 Å². The van der Waals surface area contributed by atoms with E-state index in [0.29, 0.717) is 11.0 Å². The summed E-state index contributed by atoms with van der Waals surface area (Å²) in [4.78, 5) is 18.1. The third-order valence-corrected chi connectivity index (χ3v) is 2.20. The number of rotatable bonds is 3. The van der Waals surface area contributed by atoms with Crippen LogP contribution in [-0.2, 0) is 6.54 Å². The normalized spacial score (nSPS) is 10.5. The fraction of sp³-hybridized carbons (Fsp3) is 0.222. The second-order valence-electron chi connectivity index (χ2n) is 3.40. The first-order valence-corrected chi connectivity index (χ1v) is 5.09. The molecule has 2 aromatic heterocycles. The lowest BCUT2D eigenvalue weighted by molar-refractivity contribution is -0.385.